The van der Waals surface area contributed by atoms with Crippen molar-refractivity contribution in [3.8, 4) is 0 Å². The van der Waals surface area contributed by atoms with Crippen LogP contribution in [0, 0.1) is 0 Å². The molecular weight excluding hydrogens is 208 g/mol. The Balaban J connectivity index is 3.41. The molecule has 0 unspecified atom stereocenters. The van der Waals surface area contributed by atoms with Gasteiger partial charge in [-0.25, -0.2) is 4.79 Å². The number of carbonyl (C=O) groups is 2. The number of unbranched alkanes of at least 4 members (excludes halogenated alkanes) is 2. The predicted octanol–water partition coefficient (Wildman–Crippen LogP) is 2.23. The Bertz CT molecular complexity index is 245. The van der Waals surface area contributed by atoms with E-state index in [0.29, 0.717) is 12.0 Å². The van der Waals surface area contributed by atoms with Gasteiger partial charge in [0, 0.05) is 12.0 Å². The van der Waals surface area contributed by atoms with Crippen molar-refractivity contribution >= 4 is 11.9 Å². The van der Waals surface area contributed by atoms with Gasteiger partial charge in [0.2, 0.25) is 0 Å². The average molecular weight is 228 g/mol. The van der Waals surface area contributed by atoms with E-state index in [-0.39, 0.29) is 19.2 Å². The third kappa shape index (κ3) is 8.03. The molecule has 4 heteroatoms. The van der Waals surface area contributed by atoms with Gasteiger partial charge in [0.1, 0.15) is 13.2 Å². The molecule has 0 aliphatic rings. The fourth-order valence-electron chi connectivity index (χ4n) is 1.00. The number of hydrogen-bond acceptors (Lipinski definition) is 4. The van der Waals surface area contributed by atoms with E-state index in [1.807, 2.05) is 0 Å². The lowest BCUT2D eigenvalue weighted by molar-refractivity contribution is -0.150. The lowest BCUT2D eigenvalue weighted by atomic mass is 10.2. The molecule has 4 nitrogen and oxygen atoms in total. The molecule has 0 aliphatic heterocycles. The van der Waals surface area contributed by atoms with Crippen molar-refractivity contribution in [3.63, 3.8) is 0 Å². The lowest BCUT2D eigenvalue weighted by Gasteiger charge is -2.05. The fraction of sp³-hybridized carbons (Fsp3) is 0.667. The third-order valence-electron chi connectivity index (χ3n) is 1.91. The molecule has 0 radical (unpaired) electrons. The zero-order chi connectivity index (χ0) is 12.4. The van der Waals surface area contributed by atoms with Crippen LogP contribution in [0.2, 0.25) is 0 Å². The van der Waals surface area contributed by atoms with Crippen LogP contribution < -0.4 is 0 Å². The SMILES string of the molecule is C=C(C)C(=O)OCCOC(=O)CCCCC. The molecule has 92 valence electrons. The summed E-state index contributed by atoms with van der Waals surface area (Å²) < 4.78 is 9.64. The van der Waals surface area contributed by atoms with E-state index in [4.69, 9.17) is 9.47 Å². The smallest absolute Gasteiger partial charge is 0.333 e. The maximum Gasteiger partial charge on any atom is 0.333 e. The second kappa shape index (κ2) is 8.95. The zero-order valence-electron chi connectivity index (χ0n) is 10.1. The molecule has 0 fully saturated rings. The summed E-state index contributed by atoms with van der Waals surface area (Å²) in [6.45, 7) is 7.28. The molecule has 0 aliphatic carbocycles. The van der Waals surface area contributed by atoms with Crippen molar-refractivity contribution in [2.24, 2.45) is 0 Å². The minimum Gasteiger partial charge on any atom is -0.462 e. The van der Waals surface area contributed by atoms with Gasteiger partial charge in [-0.05, 0) is 13.3 Å². The van der Waals surface area contributed by atoms with Gasteiger partial charge in [-0.15, -0.1) is 0 Å². The zero-order valence-corrected chi connectivity index (χ0v) is 10.1. The minimum absolute atomic E-state index is 0.0885. The molecule has 0 spiro atoms. The Morgan fingerprint density at radius 2 is 1.75 bits per heavy atom. The summed E-state index contributed by atoms with van der Waals surface area (Å²) in [5.74, 6) is -0.693. The molecular formula is C12H20O4. The van der Waals surface area contributed by atoms with Crippen LogP contribution in [-0.2, 0) is 19.1 Å². The van der Waals surface area contributed by atoms with Gasteiger partial charge in [0.15, 0.2) is 0 Å². The van der Waals surface area contributed by atoms with E-state index in [0.717, 1.165) is 19.3 Å². The number of hydrogen-bond donors (Lipinski definition) is 0. The fourth-order valence-corrected chi connectivity index (χ4v) is 1.00. The van der Waals surface area contributed by atoms with E-state index in [1.165, 1.54) is 0 Å². The Kier molecular flexibility index (Phi) is 8.21. The first kappa shape index (κ1) is 14.7. The summed E-state index contributed by atoms with van der Waals surface area (Å²) in [6, 6.07) is 0. The van der Waals surface area contributed by atoms with Gasteiger partial charge >= 0.3 is 11.9 Å². The summed E-state index contributed by atoms with van der Waals surface area (Å²) in [5.41, 5.74) is 0.342. The van der Waals surface area contributed by atoms with Gasteiger partial charge < -0.3 is 9.47 Å². The van der Waals surface area contributed by atoms with E-state index < -0.39 is 5.97 Å². The monoisotopic (exact) mass is 228 g/mol. The Hall–Kier alpha value is -1.32. The van der Waals surface area contributed by atoms with Gasteiger partial charge in [0.05, 0.1) is 0 Å². The first-order chi connectivity index (χ1) is 7.57. The highest BCUT2D eigenvalue weighted by atomic mass is 16.6. The maximum absolute atomic E-state index is 11.1. The molecule has 0 heterocycles. The molecule has 0 rings (SSSR count). The quantitative estimate of drug-likeness (QED) is 0.363. The van der Waals surface area contributed by atoms with Crippen molar-refractivity contribution in [2.45, 2.75) is 39.5 Å². The van der Waals surface area contributed by atoms with E-state index in [2.05, 4.69) is 13.5 Å². The highest BCUT2D eigenvalue weighted by Gasteiger charge is 2.04. The minimum atomic E-state index is -0.456. The molecule has 0 saturated carbocycles. The number of carbonyl (C=O) groups excluding carboxylic acids is 2. The summed E-state index contributed by atoms with van der Waals surface area (Å²) in [7, 11) is 0. The molecule has 0 aromatic carbocycles. The highest BCUT2D eigenvalue weighted by molar-refractivity contribution is 5.86. The van der Waals surface area contributed by atoms with Crippen molar-refractivity contribution in [3.05, 3.63) is 12.2 Å². The average Bonchev–Trinajstić information content (AvgIpc) is 2.24. The molecule has 0 aromatic heterocycles. The van der Waals surface area contributed by atoms with Gasteiger partial charge in [0.25, 0.3) is 0 Å². The molecule has 0 atom stereocenters. The third-order valence-corrected chi connectivity index (χ3v) is 1.91. The Morgan fingerprint density at radius 3 is 2.31 bits per heavy atom. The van der Waals surface area contributed by atoms with Gasteiger partial charge in [-0.3, -0.25) is 4.79 Å². The normalized spacial score (nSPS) is 9.62. The second-order valence-corrected chi connectivity index (χ2v) is 3.59. The standard InChI is InChI=1S/C12H20O4/c1-4-5-6-7-11(13)15-8-9-16-12(14)10(2)3/h2,4-9H2,1,3H3. The van der Waals surface area contributed by atoms with Crippen LogP contribution in [0.4, 0.5) is 0 Å². The summed E-state index contributed by atoms with van der Waals surface area (Å²) >= 11 is 0. The van der Waals surface area contributed by atoms with Crippen LogP contribution in [0.25, 0.3) is 0 Å². The first-order valence-electron chi connectivity index (χ1n) is 5.56. The molecule has 0 amide bonds. The number of esters is 2. The largest absolute Gasteiger partial charge is 0.462 e. The lowest BCUT2D eigenvalue weighted by Crippen LogP contribution is -2.14. The predicted molar refractivity (Wildman–Crippen MR) is 60.9 cm³/mol. The molecule has 16 heavy (non-hydrogen) atoms. The Morgan fingerprint density at radius 1 is 1.12 bits per heavy atom. The van der Waals surface area contributed by atoms with Crippen LogP contribution in [-0.4, -0.2) is 25.2 Å². The van der Waals surface area contributed by atoms with Crippen LogP contribution in [0.15, 0.2) is 12.2 Å². The second-order valence-electron chi connectivity index (χ2n) is 3.59. The molecule has 0 saturated heterocycles. The highest BCUT2D eigenvalue weighted by Crippen LogP contribution is 2.00. The van der Waals surface area contributed by atoms with Crippen molar-refractivity contribution in [1.29, 1.82) is 0 Å². The van der Waals surface area contributed by atoms with E-state index >= 15 is 0 Å². The summed E-state index contributed by atoms with van der Waals surface area (Å²) in [6.07, 6.45) is 3.38. The molecule has 0 N–H and O–H groups in total. The number of rotatable bonds is 8. The van der Waals surface area contributed by atoms with Crippen molar-refractivity contribution in [1.82, 2.24) is 0 Å². The number of ether oxygens (including phenoxy) is 2. The van der Waals surface area contributed by atoms with E-state index in [9.17, 15) is 9.59 Å². The van der Waals surface area contributed by atoms with Gasteiger partial charge in [-0.1, -0.05) is 26.3 Å². The molecule has 0 bridgehead atoms. The van der Waals surface area contributed by atoms with Crippen LogP contribution in [0.3, 0.4) is 0 Å². The summed E-state index contributed by atoms with van der Waals surface area (Å²) in [4.78, 5) is 22.1. The van der Waals surface area contributed by atoms with Gasteiger partial charge in [-0.2, -0.15) is 0 Å². The van der Waals surface area contributed by atoms with Crippen molar-refractivity contribution in [2.75, 3.05) is 13.2 Å². The maximum atomic E-state index is 11.1. The van der Waals surface area contributed by atoms with Crippen molar-refractivity contribution < 1.29 is 19.1 Å². The first-order valence-corrected chi connectivity index (χ1v) is 5.56. The molecule has 0 aromatic rings. The van der Waals surface area contributed by atoms with Crippen LogP contribution in [0.5, 0.6) is 0 Å². The Labute approximate surface area is 96.6 Å². The van der Waals surface area contributed by atoms with E-state index in [1.54, 1.807) is 6.92 Å². The summed E-state index contributed by atoms with van der Waals surface area (Å²) in [5, 5.41) is 0. The van der Waals surface area contributed by atoms with Crippen LogP contribution >= 0.6 is 0 Å². The topological polar surface area (TPSA) is 52.6 Å². The van der Waals surface area contributed by atoms with Crippen LogP contribution in [0.1, 0.15) is 39.5 Å².